The number of carbonyl (C=O) groups excluding carboxylic acids is 1. The van der Waals surface area contributed by atoms with Crippen LogP contribution in [0.5, 0.6) is 5.75 Å². The van der Waals surface area contributed by atoms with E-state index in [9.17, 15) is 9.59 Å². The summed E-state index contributed by atoms with van der Waals surface area (Å²) >= 11 is 0. The fourth-order valence-corrected chi connectivity index (χ4v) is 2.48. The highest BCUT2D eigenvalue weighted by Crippen LogP contribution is 2.18. The molecule has 5 nitrogen and oxygen atoms in total. The molecule has 0 radical (unpaired) electrons. The van der Waals surface area contributed by atoms with Gasteiger partial charge in [0.2, 0.25) is 0 Å². The van der Waals surface area contributed by atoms with E-state index in [2.05, 4.69) is 12.2 Å². The monoisotopic (exact) mass is 341 g/mol. The van der Waals surface area contributed by atoms with Crippen LogP contribution in [0, 0.1) is 0 Å². The van der Waals surface area contributed by atoms with Crippen molar-refractivity contribution in [3.05, 3.63) is 65.7 Å². The molecule has 2 N–H and O–H groups in total. The molecule has 2 aromatic carbocycles. The van der Waals surface area contributed by atoms with Gasteiger partial charge in [-0.05, 0) is 36.1 Å². The van der Waals surface area contributed by atoms with E-state index in [-0.39, 0.29) is 25.0 Å². The van der Waals surface area contributed by atoms with Crippen LogP contribution in [0.2, 0.25) is 0 Å². The summed E-state index contributed by atoms with van der Waals surface area (Å²) in [5, 5.41) is 11.8. The summed E-state index contributed by atoms with van der Waals surface area (Å²) in [6.45, 7) is 1.96. The summed E-state index contributed by atoms with van der Waals surface area (Å²) in [6.07, 6.45) is 1.26. The Morgan fingerprint density at radius 3 is 2.36 bits per heavy atom. The average Bonchev–Trinajstić information content (AvgIpc) is 2.64. The number of nitrogens with one attached hydrogen (secondary N) is 1. The zero-order chi connectivity index (χ0) is 18.1. The van der Waals surface area contributed by atoms with Gasteiger partial charge >= 0.3 is 5.97 Å². The van der Waals surface area contributed by atoms with Gasteiger partial charge in [0, 0.05) is 6.42 Å². The van der Waals surface area contributed by atoms with E-state index in [1.165, 1.54) is 5.56 Å². The lowest BCUT2D eigenvalue weighted by atomic mass is 10.0. The van der Waals surface area contributed by atoms with Gasteiger partial charge in [0.15, 0.2) is 6.61 Å². The molecule has 0 saturated heterocycles. The Labute approximate surface area is 147 Å². The number of carboxylic acid groups (broad SMARTS) is 1. The van der Waals surface area contributed by atoms with Crippen LogP contribution < -0.4 is 10.1 Å². The van der Waals surface area contributed by atoms with Crippen LogP contribution >= 0.6 is 0 Å². The Morgan fingerprint density at radius 1 is 1.08 bits per heavy atom. The number of carbonyl (C=O) groups is 2. The number of hydrogen-bond acceptors (Lipinski definition) is 3. The molecule has 0 heterocycles. The average molecular weight is 341 g/mol. The van der Waals surface area contributed by atoms with Gasteiger partial charge in [0.1, 0.15) is 5.75 Å². The first-order valence-electron chi connectivity index (χ1n) is 8.36. The molecule has 2 aromatic rings. The third kappa shape index (κ3) is 6.30. The number of ether oxygens (including phenoxy) is 1. The van der Waals surface area contributed by atoms with Crippen molar-refractivity contribution < 1.29 is 19.4 Å². The van der Waals surface area contributed by atoms with Gasteiger partial charge in [-0.2, -0.15) is 0 Å². The lowest BCUT2D eigenvalue weighted by Gasteiger charge is -2.18. The fraction of sp³-hybridized carbons (Fsp3) is 0.300. The Balaban J connectivity index is 1.92. The SMILES string of the molecule is CCc1ccc(OCC(=O)NC(CCC(=O)O)c2ccccc2)cc1. The lowest BCUT2D eigenvalue weighted by Crippen LogP contribution is -2.33. The van der Waals surface area contributed by atoms with Gasteiger partial charge in [-0.3, -0.25) is 9.59 Å². The lowest BCUT2D eigenvalue weighted by molar-refractivity contribution is -0.137. The first-order valence-corrected chi connectivity index (χ1v) is 8.36. The topological polar surface area (TPSA) is 75.6 Å². The van der Waals surface area contributed by atoms with E-state index < -0.39 is 5.97 Å². The first-order chi connectivity index (χ1) is 12.1. The highest BCUT2D eigenvalue weighted by Gasteiger charge is 2.16. The largest absolute Gasteiger partial charge is 0.484 e. The maximum absolute atomic E-state index is 12.2. The quantitative estimate of drug-likeness (QED) is 0.733. The summed E-state index contributed by atoms with van der Waals surface area (Å²) in [5.41, 5.74) is 2.08. The smallest absolute Gasteiger partial charge is 0.303 e. The van der Waals surface area contributed by atoms with Crippen molar-refractivity contribution in [1.29, 1.82) is 0 Å². The maximum atomic E-state index is 12.2. The number of amides is 1. The molecule has 0 aromatic heterocycles. The van der Waals surface area contributed by atoms with E-state index in [4.69, 9.17) is 9.84 Å². The molecule has 0 bridgehead atoms. The molecule has 0 aliphatic rings. The van der Waals surface area contributed by atoms with Crippen LogP contribution in [0.15, 0.2) is 54.6 Å². The maximum Gasteiger partial charge on any atom is 0.303 e. The van der Waals surface area contributed by atoms with Crippen molar-refractivity contribution in [2.45, 2.75) is 32.2 Å². The minimum absolute atomic E-state index is 0.0147. The van der Waals surface area contributed by atoms with E-state index in [1.54, 1.807) is 0 Å². The molecule has 1 amide bonds. The number of benzene rings is 2. The highest BCUT2D eigenvalue weighted by molar-refractivity contribution is 5.78. The Hall–Kier alpha value is -2.82. The normalized spacial score (nSPS) is 11.6. The molecule has 25 heavy (non-hydrogen) atoms. The van der Waals surface area contributed by atoms with Gasteiger partial charge < -0.3 is 15.2 Å². The Morgan fingerprint density at radius 2 is 1.76 bits per heavy atom. The summed E-state index contributed by atoms with van der Waals surface area (Å²) < 4.78 is 5.50. The molecule has 1 atom stereocenters. The summed E-state index contributed by atoms with van der Waals surface area (Å²) in [5.74, 6) is -0.532. The second kappa shape index (κ2) is 9.47. The second-order valence-corrected chi connectivity index (χ2v) is 5.75. The molecule has 132 valence electrons. The minimum atomic E-state index is -0.887. The van der Waals surface area contributed by atoms with Crippen molar-refractivity contribution in [2.75, 3.05) is 6.61 Å². The fourth-order valence-electron chi connectivity index (χ4n) is 2.48. The van der Waals surface area contributed by atoms with Gasteiger partial charge in [0.25, 0.3) is 5.91 Å². The van der Waals surface area contributed by atoms with E-state index >= 15 is 0 Å². The summed E-state index contributed by atoms with van der Waals surface area (Å²) in [6, 6.07) is 16.6. The van der Waals surface area contributed by atoms with E-state index in [1.807, 2.05) is 54.6 Å². The number of rotatable bonds is 9. The molecule has 0 fully saturated rings. The Kier molecular flexibility index (Phi) is 7.01. The molecule has 0 aliphatic heterocycles. The molecule has 0 saturated carbocycles. The minimum Gasteiger partial charge on any atom is -0.484 e. The highest BCUT2D eigenvalue weighted by atomic mass is 16.5. The predicted octanol–water partition coefficient (Wildman–Crippen LogP) is 3.35. The van der Waals surface area contributed by atoms with Crippen LogP contribution in [0.3, 0.4) is 0 Å². The molecule has 5 heteroatoms. The third-order valence-corrected chi connectivity index (χ3v) is 3.89. The molecular formula is C20H23NO4. The summed E-state index contributed by atoms with van der Waals surface area (Å²) in [7, 11) is 0. The Bertz CT molecular complexity index is 683. The van der Waals surface area contributed by atoms with Gasteiger partial charge in [-0.1, -0.05) is 49.4 Å². The van der Waals surface area contributed by atoms with Crippen molar-refractivity contribution in [1.82, 2.24) is 5.32 Å². The van der Waals surface area contributed by atoms with Crippen molar-refractivity contribution in [3.8, 4) is 5.75 Å². The number of hydrogen-bond donors (Lipinski definition) is 2. The first kappa shape index (κ1) is 18.5. The van der Waals surface area contributed by atoms with E-state index in [0.29, 0.717) is 12.2 Å². The van der Waals surface area contributed by atoms with Crippen LogP contribution in [0.4, 0.5) is 0 Å². The third-order valence-electron chi connectivity index (χ3n) is 3.89. The second-order valence-electron chi connectivity index (χ2n) is 5.75. The zero-order valence-corrected chi connectivity index (χ0v) is 14.3. The molecule has 0 aliphatic carbocycles. The van der Waals surface area contributed by atoms with Crippen LogP contribution in [0.1, 0.15) is 36.9 Å². The molecular weight excluding hydrogens is 318 g/mol. The van der Waals surface area contributed by atoms with E-state index in [0.717, 1.165) is 12.0 Å². The number of aryl methyl sites for hydroxylation is 1. The molecule has 2 rings (SSSR count). The summed E-state index contributed by atoms with van der Waals surface area (Å²) in [4.78, 5) is 23.0. The standard InChI is InChI=1S/C20H23NO4/c1-2-15-8-10-17(11-9-15)25-14-19(22)21-18(12-13-20(23)24)16-6-4-3-5-7-16/h3-11,18H,2,12-14H2,1H3,(H,21,22)(H,23,24). The van der Waals surface area contributed by atoms with Crippen molar-refractivity contribution in [2.24, 2.45) is 0 Å². The molecule has 1 unspecified atom stereocenters. The van der Waals surface area contributed by atoms with Crippen molar-refractivity contribution >= 4 is 11.9 Å². The molecule has 0 spiro atoms. The van der Waals surface area contributed by atoms with Gasteiger partial charge in [0.05, 0.1) is 6.04 Å². The van der Waals surface area contributed by atoms with Gasteiger partial charge in [-0.25, -0.2) is 0 Å². The van der Waals surface area contributed by atoms with Crippen LogP contribution in [-0.2, 0) is 16.0 Å². The predicted molar refractivity (Wildman–Crippen MR) is 95.5 cm³/mol. The zero-order valence-electron chi connectivity index (χ0n) is 14.3. The van der Waals surface area contributed by atoms with Gasteiger partial charge in [-0.15, -0.1) is 0 Å². The van der Waals surface area contributed by atoms with Crippen LogP contribution in [0.25, 0.3) is 0 Å². The number of carboxylic acids is 1. The van der Waals surface area contributed by atoms with Crippen LogP contribution in [-0.4, -0.2) is 23.6 Å². The van der Waals surface area contributed by atoms with Crippen molar-refractivity contribution in [3.63, 3.8) is 0 Å². The number of aliphatic carboxylic acids is 1.